The van der Waals surface area contributed by atoms with E-state index in [-0.39, 0.29) is 29.9 Å². The summed E-state index contributed by atoms with van der Waals surface area (Å²) in [6, 6.07) is 7.55. The monoisotopic (exact) mass is 441 g/mol. The Bertz CT molecular complexity index is 975. The predicted molar refractivity (Wildman–Crippen MR) is 121 cm³/mol. The van der Waals surface area contributed by atoms with Gasteiger partial charge in [0.25, 0.3) is 5.91 Å². The van der Waals surface area contributed by atoms with Gasteiger partial charge >= 0.3 is 0 Å². The summed E-state index contributed by atoms with van der Waals surface area (Å²) in [5.41, 5.74) is 0.791. The van der Waals surface area contributed by atoms with Gasteiger partial charge in [-0.15, -0.1) is 0 Å². The van der Waals surface area contributed by atoms with Gasteiger partial charge in [-0.3, -0.25) is 14.4 Å². The third kappa shape index (κ3) is 6.03. The van der Waals surface area contributed by atoms with Crippen molar-refractivity contribution in [2.24, 2.45) is 5.92 Å². The number of ether oxygens (including phenoxy) is 2. The molecule has 32 heavy (non-hydrogen) atoms. The van der Waals surface area contributed by atoms with E-state index in [4.69, 9.17) is 9.47 Å². The molecular formula is C24H31N3O5. The van der Waals surface area contributed by atoms with Crippen LogP contribution in [0.4, 0.5) is 0 Å². The summed E-state index contributed by atoms with van der Waals surface area (Å²) in [6.45, 7) is 4.49. The van der Waals surface area contributed by atoms with Gasteiger partial charge in [0, 0.05) is 18.1 Å². The van der Waals surface area contributed by atoms with E-state index in [2.05, 4.69) is 15.6 Å². The van der Waals surface area contributed by atoms with Crippen LogP contribution in [0.5, 0.6) is 5.75 Å². The van der Waals surface area contributed by atoms with Crippen LogP contribution in [0.1, 0.15) is 50.0 Å². The van der Waals surface area contributed by atoms with Crippen molar-refractivity contribution in [1.29, 1.82) is 0 Å². The van der Waals surface area contributed by atoms with Gasteiger partial charge in [-0.2, -0.15) is 0 Å². The molecule has 0 aliphatic carbocycles. The first kappa shape index (κ1) is 23.7. The van der Waals surface area contributed by atoms with E-state index in [0.717, 1.165) is 18.2 Å². The van der Waals surface area contributed by atoms with E-state index in [1.807, 2.05) is 32.0 Å². The standard InChI is InChI=1S/C24H31N3O5/c1-15(2)12-19(23(29)26-18-10-6-7-11-32-14-21(18)28)27-24(30)20-13-22(31-3)16-8-4-5-9-17(16)25-20/h4-5,8-9,13,15,18-19H,6-7,10-12,14H2,1-3H3,(H,26,29)(H,27,30)/t18-,19-/m0/s1. The SMILES string of the molecule is COc1cc(C(=O)N[C@@H](CC(C)C)C(=O)N[C@H]2CCCCOCC2=O)nc2ccccc12. The molecule has 2 amide bonds. The maximum Gasteiger partial charge on any atom is 0.270 e. The largest absolute Gasteiger partial charge is 0.496 e. The van der Waals surface area contributed by atoms with Crippen molar-refractivity contribution < 1.29 is 23.9 Å². The summed E-state index contributed by atoms with van der Waals surface area (Å²) in [5, 5.41) is 6.42. The zero-order valence-electron chi connectivity index (χ0n) is 18.8. The molecule has 1 aliphatic heterocycles. The fourth-order valence-electron chi connectivity index (χ4n) is 3.78. The molecule has 2 aromatic rings. The molecule has 0 bridgehead atoms. The number of nitrogens with one attached hydrogen (secondary N) is 2. The van der Waals surface area contributed by atoms with Crippen LogP contribution in [0.15, 0.2) is 30.3 Å². The zero-order valence-corrected chi connectivity index (χ0v) is 18.8. The molecule has 2 atom stereocenters. The second-order valence-corrected chi connectivity index (χ2v) is 8.46. The Balaban J connectivity index is 1.77. The second kappa shape index (κ2) is 11.0. The van der Waals surface area contributed by atoms with E-state index in [1.54, 1.807) is 12.1 Å². The number of para-hydroxylation sites is 1. The number of carbonyl (C=O) groups excluding carboxylic acids is 3. The molecule has 1 aliphatic rings. The van der Waals surface area contributed by atoms with Crippen molar-refractivity contribution in [1.82, 2.24) is 15.6 Å². The van der Waals surface area contributed by atoms with Gasteiger partial charge in [0.2, 0.25) is 5.91 Å². The Labute approximate surface area is 188 Å². The fraction of sp³-hybridized carbons (Fsp3) is 0.500. The second-order valence-electron chi connectivity index (χ2n) is 8.46. The van der Waals surface area contributed by atoms with E-state index < -0.39 is 18.0 Å². The minimum atomic E-state index is -0.791. The smallest absolute Gasteiger partial charge is 0.270 e. The number of benzene rings is 1. The molecule has 3 rings (SSSR count). The first-order valence-electron chi connectivity index (χ1n) is 11.0. The summed E-state index contributed by atoms with van der Waals surface area (Å²) in [6.07, 6.45) is 2.64. The van der Waals surface area contributed by atoms with Gasteiger partial charge in [-0.05, 0) is 43.7 Å². The number of pyridine rings is 1. The van der Waals surface area contributed by atoms with Gasteiger partial charge in [0.05, 0.1) is 18.7 Å². The van der Waals surface area contributed by atoms with Crippen molar-refractivity contribution in [2.75, 3.05) is 20.3 Å². The summed E-state index contributed by atoms with van der Waals surface area (Å²) < 4.78 is 10.7. The minimum Gasteiger partial charge on any atom is -0.496 e. The molecule has 8 heteroatoms. The number of hydrogen-bond donors (Lipinski definition) is 2. The van der Waals surface area contributed by atoms with Crippen LogP contribution < -0.4 is 15.4 Å². The summed E-state index contributed by atoms with van der Waals surface area (Å²) >= 11 is 0. The molecule has 172 valence electrons. The highest BCUT2D eigenvalue weighted by molar-refractivity contribution is 6.00. The highest BCUT2D eigenvalue weighted by Gasteiger charge is 2.28. The molecule has 1 fully saturated rings. The summed E-state index contributed by atoms with van der Waals surface area (Å²) in [7, 11) is 1.54. The lowest BCUT2D eigenvalue weighted by atomic mass is 10.0. The third-order valence-electron chi connectivity index (χ3n) is 5.44. The molecule has 1 aromatic heterocycles. The van der Waals surface area contributed by atoms with Crippen LogP contribution in [0.2, 0.25) is 0 Å². The number of carbonyl (C=O) groups is 3. The Kier molecular flexibility index (Phi) is 8.16. The zero-order chi connectivity index (χ0) is 23.1. The average Bonchev–Trinajstić information content (AvgIpc) is 2.77. The van der Waals surface area contributed by atoms with Crippen LogP contribution in [0, 0.1) is 5.92 Å². The van der Waals surface area contributed by atoms with Crippen molar-refractivity contribution in [3.8, 4) is 5.75 Å². The van der Waals surface area contributed by atoms with Crippen LogP contribution >= 0.6 is 0 Å². The highest BCUT2D eigenvalue weighted by Crippen LogP contribution is 2.25. The van der Waals surface area contributed by atoms with Crippen molar-refractivity contribution in [2.45, 2.75) is 51.6 Å². The van der Waals surface area contributed by atoms with Crippen molar-refractivity contribution in [3.05, 3.63) is 36.0 Å². The summed E-state index contributed by atoms with van der Waals surface area (Å²) in [5.74, 6) is -0.304. The Morgan fingerprint density at radius 2 is 2.03 bits per heavy atom. The average molecular weight is 442 g/mol. The summed E-state index contributed by atoms with van der Waals surface area (Å²) in [4.78, 5) is 42.8. The molecule has 2 N–H and O–H groups in total. The molecule has 8 nitrogen and oxygen atoms in total. The van der Waals surface area contributed by atoms with Gasteiger partial charge in [0.15, 0.2) is 5.78 Å². The lowest BCUT2D eigenvalue weighted by molar-refractivity contribution is -0.132. The molecule has 0 saturated carbocycles. The van der Waals surface area contributed by atoms with Crippen LogP contribution in [-0.4, -0.2) is 55.0 Å². The number of hydrogen-bond acceptors (Lipinski definition) is 6. The molecule has 2 heterocycles. The molecular weight excluding hydrogens is 410 g/mol. The van der Waals surface area contributed by atoms with E-state index in [1.165, 1.54) is 7.11 Å². The molecule has 0 unspecified atom stereocenters. The lowest BCUT2D eigenvalue weighted by Crippen LogP contribution is -2.52. The number of ketones is 1. The minimum absolute atomic E-state index is 0.00699. The quantitative estimate of drug-likeness (QED) is 0.684. The van der Waals surface area contributed by atoms with E-state index in [9.17, 15) is 14.4 Å². The number of amides is 2. The number of aromatic nitrogens is 1. The Hall–Kier alpha value is -3.00. The van der Waals surface area contributed by atoms with Gasteiger partial charge in [-0.1, -0.05) is 26.0 Å². The maximum absolute atomic E-state index is 13.0. The third-order valence-corrected chi connectivity index (χ3v) is 5.44. The van der Waals surface area contributed by atoms with E-state index in [0.29, 0.717) is 30.7 Å². The topological polar surface area (TPSA) is 107 Å². The number of Topliss-reactive ketones (excluding diaryl/α,β-unsaturated/α-hetero) is 1. The first-order chi connectivity index (χ1) is 15.4. The number of fused-ring (bicyclic) bond motifs is 1. The maximum atomic E-state index is 13.0. The number of nitrogens with zero attached hydrogens (tertiary/aromatic N) is 1. The van der Waals surface area contributed by atoms with Gasteiger partial charge < -0.3 is 20.1 Å². The number of methoxy groups -OCH3 is 1. The Morgan fingerprint density at radius 1 is 1.25 bits per heavy atom. The Morgan fingerprint density at radius 3 is 2.78 bits per heavy atom. The first-order valence-corrected chi connectivity index (χ1v) is 11.0. The van der Waals surface area contributed by atoms with Crippen LogP contribution in [-0.2, 0) is 14.3 Å². The van der Waals surface area contributed by atoms with Crippen LogP contribution in [0.25, 0.3) is 10.9 Å². The lowest BCUT2D eigenvalue weighted by Gasteiger charge is -2.25. The fourth-order valence-corrected chi connectivity index (χ4v) is 3.78. The molecule has 0 spiro atoms. The van der Waals surface area contributed by atoms with Crippen molar-refractivity contribution >= 4 is 28.5 Å². The molecule has 1 saturated heterocycles. The van der Waals surface area contributed by atoms with E-state index >= 15 is 0 Å². The highest BCUT2D eigenvalue weighted by atomic mass is 16.5. The van der Waals surface area contributed by atoms with Crippen LogP contribution in [0.3, 0.4) is 0 Å². The normalized spacial score (nSPS) is 18.0. The molecule has 1 aromatic carbocycles. The van der Waals surface area contributed by atoms with Gasteiger partial charge in [0.1, 0.15) is 24.1 Å². The number of rotatable bonds is 7. The predicted octanol–water partition coefficient (Wildman–Crippen LogP) is 2.64. The van der Waals surface area contributed by atoms with Crippen molar-refractivity contribution in [3.63, 3.8) is 0 Å². The van der Waals surface area contributed by atoms with Gasteiger partial charge in [-0.25, -0.2) is 4.98 Å². The molecule has 0 radical (unpaired) electrons.